The van der Waals surface area contributed by atoms with E-state index >= 15 is 0 Å². The van der Waals surface area contributed by atoms with E-state index in [-0.39, 0.29) is 11.6 Å². The average molecular weight is 279 g/mol. The third-order valence-corrected chi connectivity index (χ3v) is 5.07. The minimum absolute atomic E-state index is 0.00516. The van der Waals surface area contributed by atoms with E-state index in [1.54, 1.807) is 7.11 Å². The van der Waals surface area contributed by atoms with Gasteiger partial charge in [-0.1, -0.05) is 26.7 Å². The smallest absolute Gasteiger partial charge is 0.0827 e. The van der Waals surface area contributed by atoms with Crippen LogP contribution in [0.15, 0.2) is 12.3 Å². The van der Waals surface area contributed by atoms with Crippen LogP contribution in [-0.4, -0.2) is 28.5 Å². The molecule has 0 amide bonds. The SMILES string of the molecule is CCC(CC)(OC)C(N)Cc1ccn(C2CCCC2)n1. The number of hydrogen-bond donors (Lipinski definition) is 1. The van der Waals surface area contributed by atoms with Crippen molar-refractivity contribution in [2.75, 3.05) is 7.11 Å². The van der Waals surface area contributed by atoms with Gasteiger partial charge in [-0.2, -0.15) is 5.10 Å². The Labute approximate surface area is 122 Å². The molecule has 1 aromatic rings. The lowest BCUT2D eigenvalue weighted by Crippen LogP contribution is -2.50. The molecular formula is C16H29N3O. The van der Waals surface area contributed by atoms with Crippen molar-refractivity contribution in [1.29, 1.82) is 0 Å². The van der Waals surface area contributed by atoms with Crippen LogP contribution in [0, 0.1) is 0 Å². The maximum absolute atomic E-state index is 6.40. The van der Waals surface area contributed by atoms with Crippen LogP contribution < -0.4 is 5.73 Å². The summed E-state index contributed by atoms with van der Waals surface area (Å²) in [7, 11) is 1.77. The van der Waals surface area contributed by atoms with Crippen LogP contribution in [0.4, 0.5) is 0 Å². The monoisotopic (exact) mass is 279 g/mol. The summed E-state index contributed by atoms with van der Waals surface area (Å²) in [4.78, 5) is 0. The summed E-state index contributed by atoms with van der Waals surface area (Å²) in [6.07, 6.45) is 9.96. The molecule has 0 bridgehead atoms. The number of nitrogens with two attached hydrogens (primary N) is 1. The average Bonchev–Trinajstić information content (AvgIpc) is 3.11. The lowest BCUT2D eigenvalue weighted by molar-refractivity contribution is -0.0376. The summed E-state index contributed by atoms with van der Waals surface area (Å²) in [5, 5.41) is 4.73. The summed E-state index contributed by atoms with van der Waals surface area (Å²) < 4.78 is 7.86. The summed E-state index contributed by atoms with van der Waals surface area (Å²) in [6, 6.07) is 2.71. The van der Waals surface area contributed by atoms with Gasteiger partial charge in [-0.3, -0.25) is 4.68 Å². The van der Waals surface area contributed by atoms with Gasteiger partial charge in [0.25, 0.3) is 0 Å². The molecular weight excluding hydrogens is 250 g/mol. The molecule has 0 saturated heterocycles. The molecule has 20 heavy (non-hydrogen) atoms. The fourth-order valence-electron chi connectivity index (χ4n) is 3.48. The first-order valence-corrected chi connectivity index (χ1v) is 8.00. The Bertz CT molecular complexity index is 397. The molecule has 1 atom stereocenters. The van der Waals surface area contributed by atoms with Gasteiger partial charge in [-0.25, -0.2) is 0 Å². The van der Waals surface area contributed by atoms with Crippen LogP contribution in [0.1, 0.15) is 64.1 Å². The molecule has 1 aromatic heterocycles. The van der Waals surface area contributed by atoms with E-state index < -0.39 is 0 Å². The Hall–Kier alpha value is -0.870. The van der Waals surface area contributed by atoms with Crippen LogP contribution in [0.25, 0.3) is 0 Å². The second kappa shape index (κ2) is 6.72. The van der Waals surface area contributed by atoms with Gasteiger partial charge in [0.2, 0.25) is 0 Å². The van der Waals surface area contributed by atoms with Crippen molar-refractivity contribution in [2.24, 2.45) is 5.73 Å². The highest BCUT2D eigenvalue weighted by Crippen LogP contribution is 2.29. The molecule has 1 unspecified atom stereocenters. The maximum Gasteiger partial charge on any atom is 0.0827 e. The largest absolute Gasteiger partial charge is 0.377 e. The molecule has 1 saturated carbocycles. The van der Waals surface area contributed by atoms with Gasteiger partial charge in [-0.05, 0) is 31.7 Å². The van der Waals surface area contributed by atoms with Crippen LogP contribution in [0.5, 0.6) is 0 Å². The normalized spacial score (nSPS) is 18.6. The van der Waals surface area contributed by atoms with Gasteiger partial charge in [-0.15, -0.1) is 0 Å². The molecule has 2 N–H and O–H groups in total. The van der Waals surface area contributed by atoms with E-state index in [1.165, 1.54) is 25.7 Å². The Morgan fingerprint density at radius 2 is 2.05 bits per heavy atom. The Morgan fingerprint density at radius 3 is 2.60 bits per heavy atom. The van der Waals surface area contributed by atoms with Crippen molar-refractivity contribution >= 4 is 0 Å². The predicted octanol–water partition coefficient (Wildman–Crippen LogP) is 3.07. The van der Waals surface area contributed by atoms with Crippen molar-refractivity contribution in [3.8, 4) is 0 Å². The maximum atomic E-state index is 6.40. The first-order valence-electron chi connectivity index (χ1n) is 8.00. The lowest BCUT2D eigenvalue weighted by Gasteiger charge is -2.36. The minimum atomic E-state index is -0.225. The topological polar surface area (TPSA) is 53.1 Å². The van der Waals surface area contributed by atoms with Gasteiger partial charge >= 0.3 is 0 Å². The second-order valence-corrected chi connectivity index (χ2v) is 6.01. The van der Waals surface area contributed by atoms with Gasteiger partial charge in [0.1, 0.15) is 0 Å². The summed E-state index contributed by atoms with van der Waals surface area (Å²) in [6.45, 7) is 4.29. The van der Waals surface area contributed by atoms with Crippen molar-refractivity contribution < 1.29 is 4.74 Å². The zero-order valence-electron chi connectivity index (χ0n) is 13.1. The second-order valence-electron chi connectivity index (χ2n) is 6.01. The van der Waals surface area contributed by atoms with E-state index in [9.17, 15) is 0 Å². The van der Waals surface area contributed by atoms with E-state index in [0.29, 0.717) is 6.04 Å². The molecule has 1 aliphatic carbocycles. The van der Waals surface area contributed by atoms with E-state index in [1.807, 2.05) is 0 Å². The van der Waals surface area contributed by atoms with E-state index in [4.69, 9.17) is 15.6 Å². The standard InChI is InChI=1S/C16H29N3O/c1-4-16(5-2,20-3)15(17)12-13-10-11-19(18-13)14-8-6-7-9-14/h10-11,14-15H,4-9,12,17H2,1-3H3. The van der Waals surface area contributed by atoms with Gasteiger partial charge < -0.3 is 10.5 Å². The first kappa shape index (κ1) is 15.5. The zero-order chi connectivity index (χ0) is 14.6. The van der Waals surface area contributed by atoms with Crippen molar-refractivity contribution in [2.45, 2.75) is 76.5 Å². The number of rotatable bonds is 7. The molecule has 4 nitrogen and oxygen atoms in total. The Balaban J connectivity index is 2.02. The van der Waals surface area contributed by atoms with E-state index in [0.717, 1.165) is 25.0 Å². The Morgan fingerprint density at radius 1 is 1.40 bits per heavy atom. The number of ether oxygens (including phenoxy) is 1. The fourth-order valence-corrected chi connectivity index (χ4v) is 3.48. The molecule has 0 radical (unpaired) electrons. The van der Waals surface area contributed by atoms with E-state index in [2.05, 4.69) is 30.8 Å². The number of aromatic nitrogens is 2. The molecule has 1 aliphatic rings. The third-order valence-electron chi connectivity index (χ3n) is 5.07. The highest BCUT2D eigenvalue weighted by atomic mass is 16.5. The quantitative estimate of drug-likeness (QED) is 0.834. The fraction of sp³-hybridized carbons (Fsp3) is 0.812. The molecule has 0 spiro atoms. The highest BCUT2D eigenvalue weighted by molar-refractivity contribution is 5.06. The molecule has 4 heteroatoms. The number of hydrogen-bond acceptors (Lipinski definition) is 3. The van der Waals surface area contributed by atoms with Crippen molar-refractivity contribution in [3.63, 3.8) is 0 Å². The molecule has 2 rings (SSSR count). The molecule has 114 valence electrons. The molecule has 0 aromatic carbocycles. The van der Waals surface area contributed by atoms with Crippen LogP contribution in [-0.2, 0) is 11.2 Å². The van der Waals surface area contributed by atoms with Crippen LogP contribution in [0.2, 0.25) is 0 Å². The van der Waals surface area contributed by atoms with Gasteiger partial charge in [0, 0.05) is 25.8 Å². The number of methoxy groups -OCH3 is 1. The predicted molar refractivity (Wildman–Crippen MR) is 81.7 cm³/mol. The summed E-state index contributed by atoms with van der Waals surface area (Å²) in [5.41, 5.74) is 7.27. The molecule has 0 aliphatic heterocycles. The van der Waals surface area contributed by atoms with Gasteiger partial charge in [0.15, 0.2) is 0 Å². The van der Waals surface area contributed by atoms with Crippen LogP contribution >= 0.6 is 0 Å². The van der Waals surface area contributed by atoms with Crippen molar-refractivity contribution in [1.82, 2.24) is 9.78 Å². The molecule has 1 heterocycles. The first-order chi connectivity index (χ1) is 9.65. The minimum Gasteiger partial charge on any atom is -0.377 e. The summed E-state index contributed by atoms with van der Waals surface area (Å²) >= 11 is 0. The van der Waals surface area contributed by atoms with Crippen molar-refractivity contribution in [3.05, 3.63) is 18.0 Å². The van der Waals surface area contributed by atoms with Gasteiger partial charge in [0.05, 0.1) is 17.3 Å². The van der Waals surface area contributed by atoms with Crippen LogP contribution in [0.3, 0.4) is 0 Å². The third kappa shape index (κ3) is 3.07. The Kier molecular flexibility index (Phi) is 5.22. The highest BCUT2D eigenvalue weighted by Gasteiger charge is 2.33. The number of nitrogens with zero attached hydrogens (tertiary/aromatic N) is 2. The zero-order valence-corrected chi connectivity index (χ0v) is 13.1. The summed E-state index contributed by atoms with van der Waals surface area (Å²) in [5.74, 6) is 0. The lowest BCUT2D eigenvalue weighted by atomic mass is 9.86. The molecule has 1 fully saturated rings.